The molecule has 0 spiro atoms. The van der Waals surface area contributed by atoms with E-state index in [0.29, 0.717) is 0 Å². The van der Waals surface area contributed by atoms with Gasteiger partial charge in [-0.3, -0.25) is 29.4 Å². The minimum atomic E-state index is -2.02. The molecule has 0 saturated carbocycles. The van der Waals surface area contributed by atoms with Crippen molar-refractivity contribution in [2.75, 3.05) is 13.2 Å². The van der Waals surface area contributed by atoms with Gasteiger partial charge in [-0.15, -0.1) is 0 Å². The van der Waals surface area contributed by atoms with Gasteiger partial charge >= 0.3 is 23.9 Å². The molecule has 1 unspecified atom stereocenters. The highest BCUT2D eigenvalue weighted by Crippen LogP contribution is 2.31. The van der Waals surface area contributed by atoms with Crippen molar-refractivity contribution in [1.29, 1.82) is 0 Å². The molecule has 0 aromatic carbocycles. The maximum Gasteiger partial charge on any atom is 0.326 e. The van der Waals surface area contributed by atoms with Gasteiger partial charge in [0.1, 0.15) is 12.7 Å². The molecule has 0 bridgehead atoms. The highest BCUT2D eigenvalue weighted by atomic mass is 19.1. The number of nitrogens with zero attached hydrogens (tertiary/aromatic N) is 1. The van der Waals surface area contributed by atoms with Crippen LogP contribution in [0.2, 0.25) is 0 Å². The Labute approximate surface area is 153 Å². The molecule has 0 aromatic heterocycles. The Balaban J connectivity index is 2.30. The number of esters is 3. The fourth-order valence-electron chi connectivity index (χ4n) is 2.76. The van der Waals surface area contributed by atoms with Crippen LogP contribution in [0.1, 0.15) is 20.8 Å². The zero-order chi connectivity index (χ0) is 20.3. The lowest BCUT2D eigenvalue weighted by atomic mass is 10.1. The summed E-state index contributed by atoms with van der Waals surface area (Å²) in [7, 11) is 0. The van der Waals surface area contributed by atoms with Gasteiger partial charge in [-0.1, -0.05) is 0 Å². The van der Waals surface area contributed by atoms with Crippen LogP contribution >= 0.6 is 0 Å². The van der Waals surface area contributed by atoms with Gasteiger partial charge in [-0.2, -0.15) is 0 Å². The monoisotopic (exact) mass is 390 g/mol. The Morgan fingerprint density at radius 2 is 1.70 bits per heavy atom. The lowest BCUT2D eigenvalue weighted by Gasteiger charge is -2.35. The number of carbonyl (C=O) groups excluding carboxylic acids is 5. The quantitative estimate of drug-likeness (QED) is 0.464. The Morgan fingerprint density at radius 3 is 2.26 bits per heavy atom. The molecule has 2 aliphatic heterocycles. The zero-order valence-electron chi connectivity index (χ0n) is 14.8. The molecule has 1 N–H and O–H groups in total. The number of ether oxygens (including phenoxy) is 4. The molecule has 27 heavy (non-hydrogen) atoms. The Bertz CT molecular complexity index is 655. The average molecular weight is 390 g/mol. The molecule has 12 heteroatoms. The third-order valence-corrected chi connectivity index (χ3v) is 3.78. The Hall–Kier alpha value is -2.76. The molecule has 2 aliphatic rings. The van der Waals surface area contributed by atoms with Crippen LogP contribution in [0.25, 0.3) is 0 Å². The predicted molar refractivity (Wildman–Crippen MR) is 81.5 cm³/mol. The van der Waals surface area contributed by atoms with Crippen LogP contribution in [0.15, 0.2) is 0 Å². The van der Waals surface area contributed by atoms with Crippen LogP contribution < -0.4 is 5.32 Å². The summed E-state index contributed by atoms with van der Waals surface area (Å²) in [6.07, 6.45) is -7.03. The summed E-state index contributed by atoms with van der Waals surface area (Å²) < 4.78 is 34.5. The smallest absolute Gasteiger partial charge is 0.326 e. The van der Waals surface area contributed by atoms with E-state index in [4.69, 9.17) is 18.9 Å². The molecule has 2 rings (SSSR count). The van der Waals surface area contributed by atoms with Crippen LogP contribution in [0.3, 0.4) is 0 Å². The molecule has 3 amide bonds. The molecule has 11 nitrogen and oxygen atoms in total. The van der Waals surface area contributed by atoms with Crippen molar-refractivity contribution in [3.8, 4) is 0 Å². The van der Waals surface area contributed by atoms with Crippen molar-refractivity contribution in [3.63, 3.8) is 0 Å². The maximum absolute atomic E-state index is 13.8. The van der Waals surface area contributed by atoms with Gasteiger partial charge in [0.2, 0.25) is 0 Å². The van der Waals surface area contributed by atoms with Crippen molar-refractivity contribution in [1.82, 2.24) is 10.2 Å². The number of hydrogen-bond donors (Lipinski definition) is 1. The summed E-state index contributed by atoms with van der Waals surface area (Å²) in [5, 5.41) is 1.81. The molecule has 2 saturated heterocycles. The first-order chi connectivity index (χ1) is 12.6. The van der Waals surface area contributed by atoms with Gasteiger partial charge in [-0.25, -0.2) is 9.18 Å². The number of urea groups is 1. The van der Waals surface area contributed by atoms with Crippen LogP contribution in [-0.4, -0.2) is 78.6 Å². The van der Waals surface area contributed by atoms with E-state index in [9.17, 15) is 28.4 Å². The lowest BCUT2D eigenvalue weighted by Crippen LogP contribution is -2.61. The Kier molecular flexibility index (Phi) is 6.31. The van der Waals surface area contributed by atoms with Crippen molar-refractivity contribution in [2.24, 2.45) is 0 Å². The summed E-state index contributed by atoms with van der Waals surface area (Å²) in [4.78, 5) is 58.2. The number of nitrogens with one attached hydrogen (secondary N) is 1. The van der Waals surface area contributed by atoms with Gasteiger partial charge in [0, 0.05) is 20.8 Å². The van der Waals surface area contributed by atoms with Crippen molar-refractivity contribution < 1.29 is 47.3 Å². The second kappa shape index (κ2) is 8.29. The SMILES string of the molecule is CC(=O)OC[C@H]1O[C@@H](N2CC(F)C(=O)NC2=O)[C@H](OC(C)=O)[C@@H]1OC(C)=O. The second-order valence-electron chi connectivity index (χ2n) is 5.93. The third kappa shape index (κ3) is 4.90. The number of amides is 3. The third-order valence-electron chi connectivity index (χ3n) is 3.78. The summed E-state index contributed by atoms with van der Waals surface area (Å²) in [5.74, 6) is -3.26. The van der Waals surface area contributed by atoms with E-state index in [-0.39, 0.29) is 6.61 Å². The molecule has 5 atom stereocenters. The van der Waals surface area contributed by atoms with E-state index in [1.807, 2.05) is 5.32 Å². The molecule has 2 fully saturated rings. The lowest BCUT2D eigenvalue weighted by molar-refractivity contribution is -0.167. The van der Waals surface area contributed by atoms with Crippen molar-refractivity contribution >= 4 is 29.8 Å². The fraction of sp³-hybridized carbons (Fsp3) is 0.667. The minimum absolute atomic E-state index is 0.366. The van der Waals surface area contributed by atoms with E-state index in [1.165, 1.54) is 0 Å². The van der Waals surface area contributed by atoms with Crippen LogP contribution in [0, 0.1) is 0 Å². The number of alkyl halides is 1. The number of imide groups is 1. The molecule has 0 radical (unpaired) electrons. The maximum atomic E-state index is 13.8. The minimum Gasteiger partial charge on any atom is -0.463 e. The van der Waals surface area contributed by atoms with Gasteiger partial charge in [0.25, 0.3) is 5.91 Å². The summed E-state index contributed by atoms with van der Waals surface area (Å²) in [6, 6.07) is -0.967. The summed E-state index contributed by atoms with van der Waals surface area (Å²) >= 11 is 0. The van der Waals surface area contributed by atoms with Crippen molar-refractivity contribution in [2.45, 2.75) is 51.5 Å². The predicted octanol–water partition coefficient (Wildman–Crippen LogP) is -0.972. The number of carbonyl (C=O) groups is 5. The zero-order valence-corrected chi connectivity index (χ0v) is 14.8. The largest absolute Gasteiger partial charge is 0.463 e. The molecule has 150 valence electrons. The van der Waals surface area contributed by atoms with Crippen LogP contribution in [-0.2, 0) is 38.1 Å². The van der Waals surface area contributed by atoms with E-state index in [1.54, 1.807) is 0 Å². The first-order valence-electron chi connectivity index (χ1n) is 7.99. The topological polar surface area (TPSA) is 138 Å². The first kappa shape index (κ1) is 20.6. The van der Waals surface area contributed by atoms with Gasteiger partial charge < -0.3 is 18.9 Å². The highest BCUT2D eigenvalue weighted by Gasteiger charge is 2.54. The van der Waals surface area contributed by atoms with Crippen molar-refractivity contribution in [3.05, 3.63) is 0 Å². The molecular formula is C15H19FN2O9. The highest BCUT2D eigenvalue weighted by molar-refractivity contribution is 5.99. The number of rotatable bonds is 5. The van der Waals surface area contributed by atoms with E-state index < -0.39 is 67.1 Å². The van der Waals surface area contributed by atoms with Crippen LogP contribution in [0.4, 0.5) is 9.18 Å². The molecule has 0 aromatic rings. The van der Waals surface area contributed by atoms with Gasteiger partial charge in [-0.05, 0) is 0 Å². The molecule has 2 heterocycles. The summed E-state index contributed by atoms with van der Waals surface area (Å²) in [6.45, 7) is 2.31. The summed E-state index contributed by atoms with van der Waals surface area (Å²) in [5.41, 5.74) is 0. The van der Waals surface area contributed by atoms with E-state index >= 15 is 0 Å². The van der Waals surface area contributed by atoms with Gasteiger partial charge in [0.15, 0.2) is 24.6 Å². The number of hydrogen-bond acceptors (Lipinski definition) is 9. The Morgan fingerprint density at radius 1 is 1.11 bits per heavy atom. The first-order valence-corrected chi connectivity index (χ1v) is 7.99. The van der Waals surface area contributed by atoms with Crippen LogP contribution in [0.5, 0.6) is 0 Å². The van der Waals surface area contributed by atoms with Gasteiger partial charge in [0.05, 0.1) is 6.54 Å². The van der Waals surface area contributed by atoms with E-state index in [0.717, 1.165) is 25.7 Å². The standard InChI is InChI=1S/C15H19FN2O9/c1-6(19)24-5-10-11(25-7(2)20)12(26-8(3)21)14(27-10)18-4-9(16)13(22)17-15(18)23/h9-12,14H,4-5H2,1-3H3,(H,17,22,23)/t9?,10-,11-,12-,14-/m1/s1. The average Bonchev–Trinajstić information content (AvgIpc) is 2.85. The second-order valence-corrected chi connectivity index (χ2v) is 5.93. The normalized spacial score (nSPS) is 30.5. The molecular weight excluding hydrogens is 371 g/mol. The molecule has 0 aliphatic carbocycles. The fourth-order valence-corrected chi connectivity index (χ4v) is 2.76. The van der Waals surface area contributed by atoms with E-state index in [2.05, 4.69) is 0 Å². The number of halogens is 1.